The van der Waals surface area contributed by atoms with Crippen LogP contribution in [0.2, 0.25) is 0 Å². The van der Waals surface area contributed by atoms with Gasteiger partial charge in [-0.15, -0.1) is 0 Å². The first-order valence-electron chi connectivity index (χ1n) is 9.14. The first-order valence-corrected chi connectivity index (χ1v) is 10.8. The van der Waals surface area contributed by atoms with Crippen molar-refractivity contribution in [2.24, 2.45) is 0 Å². The molecule has 4 aromatic rings. The topological polar surface area (TPSA) is 84.6 Å². The summed E-state index contributed by atoms with van der Waals surface area (Å²) in [6.07, 6.45) is 0. The van der Waals surface area contributed by atoms with E-state index in [-0.39, 0.29) is 39.0 Å². The van der Waals surface area contributed by atoms with E-state index in [4.69, 9.17) is 0 Å². The van der Waals surface area contributed by atoms with Gasteiger partial charge in [0.2, 0.25) is 4.96 Å². The number of halogens is 2. The van der Waals surface area contributed by atoms with Crippen LogP contribution in [0.4, 0.5) is 10.1 Å². The molecule has 1 amide bonds. The molecule has 1 aliphatic heterocycles. The Hall–Kier alpha value is -3.24. The van der Waals surface area contributed by atoms with Crippen molar-refractivity contribution in [2.45, 2.75) is 13.5 Å². The van der Waals surface area contributed by atoms with Gasteiger partial charge >= 0.3 is 0 Å². The molecule has 0 saturated heterocycles. The van der Waals surface area contributed by atoms with Crippen LogP contribution in [-0.4, -0.2) is 20.5 Å². The van der Waals surface area contributed by atoms with Crippen molar-refractivity contribution in [2.75, 3.05) is 4.90 Å². The van der Waals surface area contributed by atoms with Gasteiger partial charge in [-0.2, -0.15) is 14.6 Å². The van der Waals surface area contributed by atoms with Crippen LogP contribution in [0.1, 0.15) is 16.8 Å². The summed E-state index contributed by atoms with van der Waals surface area (Å²) in [4.78, 5) is 44.0. The predicted octanol–water partition coefficient (Wildman–Crippen LogP) is 2.19. The van der Waals surface area contributed by atoms with E-state index >= 15 is 0 Å². The molecule has 0 fully saturated rings. The number of amides is 1. The van der Waals surface area contributed by atoms with Crippen LogP contribution < -0.4 is 20.6 Å². The lowest BCUT2D eigenvalue weighted by molar-refractivity contribution is -0.113. The third-order valence-electron chi connectivity index (χ3n) is 4.98. The highest BCUT2D eigenvalue weighted by Gasteiger charge is 2.34. The van der Waals surface area contributed by atoms with Crippen LogP contribution in [0.3, 0.4) is 0 Å². The average Bonchev–Trinajstić information content (AvgIpc) is 3.17. The number of carbonyl (C=O) groups is 1. The third-order valence-corrected chi connectivity index (χ3v) is 6.50. The number of hydrogen-bond acceptors (Lipinski definition) is 6. The molecule has 0 atom stereocenters. The lowest BCUT2D eigenvalue weighted by Gasteiger charge is -2.17. The number of carbonyl (C=O) groups excluding carboxylic acids is 1. The summed E-state index contributed by atoms with van der Waals surface area (Å²) in [6, 6.07) is 11.3. The van der Waals surface area contributed by atoms with Crippen LogP contribution in [0, 0.1) is 12.7 Å². The van der Waals surface area contributed by atoms with Gasteiger partial charge in [0.05, 0.1) is 17.8 Å². The van der Waals surface area contributed by atoms with E-state index in [0.717, 1.165) is 25.9 Å². The monoisotopic (exact) mass is 498 g/mol. The van der Waals surface area contributed by atoms with Gasteiger partial charge in [0.15, 0.2) is 0 Å². The largest absolute Gasteiger partial charge is 0.303 e. The number of anilines is 1. The summed E-state index contributed by atoms with van der Waals surface area (Å²) in [5.74, 6) is -0.722. The minimum Gasteiger partial charge on any atom is -0.303 e. The molecule has 0 aliphatic carbocycles. The third kappa shape index (κ3) is 3.19. The van der Waals surface area contributed by atoms with Gasteiger partial charge in [-0.25, -0.2) is 4.39 Å². The maximum absolute atomic E-state index is 13.5. The molecule has 0 unspecified atom stereocenters. The number of thiazole rings is 1. The number of hydrogen-bond donors (Lipinski definition) is 0. The Bertz CT molecular complexity index is 1560. The van der Waals surface area contributed by atoms with E-state index in [0.29, 0.717) is 11.3 Å². The van der Waals surface area contributed by atoms with Crippen molar-refractivity contribution in [3.63, 3.8) is 0 Å². The van der Waals surface area contributed by atoms with Gasteiger partial charge in [-0.05, 0) is 42.8 Å². The lowest BCUT2D eigenvalue weighted by atomic mass is 10.1. The fourth-order valence-electron chi connectivity index (χ4n) is 3.49. The van der Waals surface area contributed by atoms with Gasteiger partial charge in [-0.3, -0.25) is 14.4 Å². The highest BCUT2D eigenvalue weighted by atomic mass is 79.9. The zero-order valence-electron chi connectivity index (χ0n) is 15.9. The number of aryl methyl sites for hydroxylation is 1. The second-order valence-electron chi connectivity index (χ2n) is 6.99. The number of fused-ring (bicyclic) bond motifs is 2. The van der Waals surface area contributed by atoms with Crippen LogP contribution in [0.5, 0.6) is 0 Å². The summed E-state index contributed by atoms with van der Waals surface area (Å²) in [5.41, 5.74) is 1.27. The minimum atomic E-state index is -0.517. The highest BCUT2D eigenvalue weighted by molar-refractivity contribution is 9.10. The van der Waals surface area contributed by atoms with E-state index < -0.39 is 11.1 Å². The lowest BCUT2D eigenvalue weighted by Crippen LogP contribution is -2.33. The molecule has 0 saturated carbocycles. The molecular formula is C21H12BrFN4O3S. The maximum Gasteiger partial charge on any atom is 0.295 e. The van der Waals surface area contributed by atoms with Crippen molar-refractivity contribution in [1.82, 2.24) is 14.6 Å². The highest BCUT2D eigenvalue weighted by Crippen LogP contribution is 2.38. The molecule has 154 valence electrons. The predicted molar refractivity (Wildman–Crippen MR) is 118 cm³/mol. The summed E-state index contributed by atoms with van der Waals surface area (Å²) in [7, 11) is 0. The number of rotatable bonds is 2. The van der Waals surface area contributed by atoms with E-state index in [2.05, 4.69) is 26.0 Å². The van der Waals surface area contributed by atoms with Gasteiger partial charge in [0.25, 0.3) is 17.0 Å². The van der Waals surface area contributed by atoms with E-state index in [1.54, 1.807) is 35.2 Å². The van der Waals surface area contributed by atoms with Gasteiger partial charge in [0, 0.05) is 10.0 Å². The first kappa shape index (κ1) is 19.7. The molecule has 0 spiro atoms. The average molecular weight is 499 g/mol. The first-order chi connectivity index (χ1) is 14.8. The Labute approximate surface area is 186 Å². The molecule has 2 aromatic carbocycles. The molecule has 0 N–H and O–H groups in total. The SMILES string of the molecule is Cc1nn2c(=O)c(=C3C(=O)N(Cc4ccc(F)cc4)c4ccc(Br)cc43)sc2nc1=O. The minimum absolute atomic E-state index is 0.0998. The van der Waals surface area contributed by atoms with Crippen molar-refractivity contribution >= 4 is 49.4 Å². The molecule has 0 radical (unpaired) electrons. The number of benzene rings is 2. The van der Waals surface area contributed by atoms with E-state index in [1.807, 2.05) is 0 Å². The smallest absolute Gasteiger partial charge is 0.295 e. The fourth-order valence-corrected chi connectivity index (χ4v) is 4.85. The van der Waals surface area contributed by atoms with Crippen molar-refractivity contribution in [3.8, 4) is 0 Å². The van der Waals surface area contributed by atoms with Crippen molar-refractivity contribution < 1.29 is 9.18 Å². The summed E-state index contributed by atoms with van der Waals surface area (Å²) >= 11 is 4.38. The maximum atomic E-state index is 13.5. The normalized spacial score (nSPS) is 15.1. The van der Waals surface area contributed by atoms with Gasteiger partial charge in [0.1, 0.15) is 16.0 Å². The molecule has 31 heavy (non-hydrogen) atoms. The molecule has 7 nitrogen and oxygen atoms in total. The van der Waals surface area contributed by atoms with Crippen LogP contribution in [-0.2, 0) is 11.3 Å². The quantitative estimate of drug-likeness (QED) is 0.422. The second-order valence-corrected chi connectivity index (χ2v) is 8.88. The zero-order valence-corrected chi connectivity index (χ0v) is 18.3. The summed E-state index contributed by atoms with van der Waals surface area (Å²) in [6.45, 7) is 1.69. The van der Waals surface area contributed by atoms with Gasteiger partial charge in [-0.1, -0.05) is 39.4 Å². The van der Waals surface area contributed by atoms with Crippen LogP contribution >= 0.6 is 27.3 Å². The molecule has 10 heteroatoms. The van der Waals surface area contributed by atoms with Gasteiger partial charge < -0.3 is 4.90 Å². The van der Waals surface area contributed by atoms with Crippen molar-refractivity contribution in [3.05, 3.63) is 94.8 Å². The second kappa shape index (κ2) is 7.17. The molecule has 2 aromatic heterocycles. The van der Waals surface area contributed by atoms with Crippen LogP contribution in [0.15, 0.2) is 56.5 Å². The van der Waals surface area contributed by atoms with E-state index in [1.165, 1.54) is 19.1 Å². The Morgan fingerprint density at radius 3 is 2.58 bits per heavy atom. The van der Waals surface area contributed by atoms with E-state index in [9.17, 15) is 18.8 Å². The Balaban J connectivity index is 1.76. The summed E-state index contributed by atoms with van der Waals surface area (Å²) < 4.78 is 15.2. The number of nitrogens with zero attached hydrogens (tertiary/aromatic N) is 4. The Morgan fingerprint density at radius 2 is 1.84 bits per heavy atom. The molecule has 1 aliphatic rings. The molecule has 3 heterocycles. The number of aromatic nitrogens is 3. The molecule has 5 rings (SSSR count). The standard InChI is InChI=1S/C21H12BrFN4O3S/c1-10-18(28)24-21-27(25-10)20(30)17(31-21)16-14-8-12(22)4-7-15(14)26(19(16)29)9-11-2-5-13(23)6-3-11/h2-8H,9H2,1H3. The Morgan fingerprint density at radius 1 is 1.10 bits per heavy atom. The zero-order chi connectivity index (χ0) is 21.9. The molecular weight excluding hydrogens is 487 g/mol. The summed E-state index contributed by atoms with van der Waals surface area (Å²) in [5, 5.41) is 4.02. The molecule has 0 bridgehead atoms. The van der Waals surface area contributed by atoms with Crippen LogP contribution in [0.25, 0.3) is 10.5 Å². The van der Waals surface area contributed by atoms with Crippen molar-refractivity contribution in [1.29, 1.82) is 0 Å². The Kier molecular flexibility index (Phi) is 4.56. The fraction of sp³-hybridized carbons (Fsp3) is 0.0952.